The maximum atomic E-state index is 12.4. The van der Waals surface area contributed by atoms with E-state index in [0.717, 1.165) is 21.5 Å². The number of ether oxygens (including phenoxy) is 2. The van der Waals surface area contributed by atoms with Gasteiger partial charge in [-0.05, 0) is 29.2 Å². The molecule has 1 aromatic heterocycles. The Morgan fingerprint density at radius 1 is 1.12 bits per heavy atom. The fraction of sp³-hybridized carbons (Fsp3) is 0.150. The van der Waals surface area contributed by atoms with Gasteiger partial charge in [0.15, 0.2) is 12.2 Å². The van der Waals surface area contributed by atoms with Gasteiger partial charge in [-0.1, -0.05) is 28.1 Å². The number of Topliss-reactive ketones (excluding diaryl/α,β-unsaturated/α-hetero) is 1. The van der Waals surface area contributed by atoms with Crippen molar-refractivity contribution in [2.75, 3.05) is 14.2 Å². The molecule has 0 bridgehead atoms. The van der Waals surface area contributed by atoms with Crippen molar-refractivity contribution in [2.24, 2.45) is 0 Å². The Morgan fingerprint density at radius 2 is 1.96 bits per heavy atom. The number of nitrogens with zero attached hydrogens (tertiary/aromatic N) is 2. The van der Waals surface area contributed by atoms with E-state index in [1.165, 1.54) is 0 Å². The summed E-state index contributed by atoms with van der Waals surface area (Å²) in [4.78, 5) is 16.8. The zero-order valence-electron chi connectivity index (χ0n) is 14.5. The molecular weight excluding hydrogens is 396 g/mol. The zero-order valence-corrected chi connectivity index (χ0v) is 16.1. The molecule has 0 radical (unpaired) electrons. The van der Waals surface area contributed by atoms with Gasteiger partial charge in [0.25, 0.3) is 6.33 Å². The second-order valence-electron chi connectivity index (χ2n) is 5.62. The minimum Gasteiger partial charge on any atom is -0.497 e. The predicted molar refractivity (Wildman–Crippen MR) is 101 cm³/mol. The molecule has 26 heavy (non-hydrogen) atoms. The number of benzene rings is 2. The number of halogens is 1. The average Bonchev–Trinajstić information content (AvgIpc) is 2.68. The molecule has 0 fully saturated rings. The largest absolute Gasteiger partial charge is 0.497 e. The van der Waals surface area contributed by atoms with Gasteiger partial charge in [0.1, 0.15) is 11.5 Å². The third-order valence-corrected chi connectivity index (χ3v) is 4.42. The van der Waals surface area contributed by atoms with Crippen molar-refractivity contribution in [1.82, 2.24) is 4.98 Å². The summed E-state index contributed by atoms with van der Waals surface area (Å²) in [7, 11) is 3.22. The summed E-state index contributed by atoms with van der Waals surface area (Å²) in [6.07, 6.45) is 3.48. The molecule has 0 atom stereocenters. The molecule has 2 aromatic carbocycles. The molecule has 3 rings (SSSR count). The molecule has 3 aromatic rings. The van der Waals surface area contributed by atoms with Gasteiger partial charge in [-0.2, -0.15) is 0 Å². The SMILES string of the molecule is COc1ccc(-c2cc[n+](CC(=O)c3cccc(Br)c3)cn2)c(OC)c1. The van der Waals surface area contributed by atoms with Crippen LogP contribution in [-0.2, 0) is 6.54 Å². The van der Waals surface area contributed by atoms with Crippen LogP contribution in [0.5, 0.6) is 11.5 Å². The number of hydrogen-bond acceptors (Lipinski definition) is 4. The molecule has 0 saturated heterocycles. The first-order chi connectivity index (χ1) is 12.6. The van der Waals surface area contributed by atoms with Crippen LogP contribution < -0.4 is 14.0 Å². The first-order valence-corrected chi connectivity index (χ1v) is 8.76. The van der Waals surface area contributed by atoms with E-state index < -0.39 is 0 Å². The second-order valence-corrected chi connectivity index (χ2v) is 6.53. The summed E-state index contributed by atoms with van der Waals surface area (Å²) in [5.74, 6) is 1.42. The van der Waals surface area contributed by atoms with E-state index in [-0.39, 0.29) is 12.3 Å². The standard InChI is InChI=1S/C20H18BrN2O3/c1-25-16-6-7-17(20(11-16)26-2)18-8-9-23(13-22-18)12-19(24)14-4-3-5-15(21)10-14/h3-11,13H,12H2,1-2H3/q+1. The van der Waals surface area contributed by atoms with Crippen molar-refractivity contribution in [3.63, 3.8) is 0 Å². The molecular formula is C20H18BrN2O3+. The Bertz CT molecular complexity index is 927. The van der Waals surface area contributed by atoms with Crippen molar-refractivity contribution in [3.05, 3.63) is 71.1 Å². The predicted octanol–water partition coefficient (Wildman–Crippen LogP) is 3.70. The third-order valence-electron chi connectivity index (χ3n) is 3.93. The van der Waals surface area contributed by atoms with E-state index in [1.54, 1.807) is 31.2 Å². The summed E-state index contributed by atoms with van der Waals surface area (Å²) >= 11 is 3.38. The average molecular weight is 414 g/mol. The molecule has 0 unspecified atom stereocenters. The number of methoxy groups -OCH3 is 2. The number of aromatic nitrogens is 2. The first kappa shape index (κ1) is 18.1. The van der Waals surface area contributed by atoms with Crippen LogP contribution in [-0.4, -0.2) is 25.0 Å². The topological polar surface area (TPSA) is 52.3 Å². The molecule has 0 saturated carbocycles. The number of rotatable bonds is 6. The van der Waals surface area contributed by atoms with Crippen LogP contribution in [0, 0.1) is 0 Å². The molecule has 1 heterocycles. The van der Waals surface area contributed by atoms with Crippen LogP contribution in [0.2, 0.25) is 0 Å². The van der Waals surface area contributed by atoms with E-state index in [2.05, 4.69) is 20.9 Å². The highest BCUT2D eigenvalue weighted by Crippen LogP contribution is 2.31. The highest BCUT2D eigenvalue weighted by molar-refractivity contribution is 9.10. The van der Waals surface area contributed by atoms with Crippen LogP contribution in [0.15, 0.2) is 65.5 Å². The van der Waals surface area contributed by atoms with Crippen molar-refractivity contribution in [3.8, 4) is 22.8 Å². The van der Waals surface area contributed by atoms with Crippen molar-refractivity contribution < 1.29 is 18.8 Å². The molecule has 0 spiro atoms. The van der Waals surface area contributed by atoms with E-state index in [9.17, 15) is 4.79 Å². The smallest absolute Gasteiger partial charge is 0.287 e. The number of carbonyl (C=O) groups is 1. The van der Waals surface area contributed by atoms with Gasteiger partial charge in [-0.25, -0.2) is 4.57 Å². The van der Waals surface area contributed by atoms with Crippen LogP contribution in [0.1, 0.15) is 10.4 Å². The van der Waals surface area contributed by atoms with E-state index in [4.69, 9.17) is 9.47 Å². The summed E-state index contributed by atoms with van der Waals surface area (Å²) in [6, 6.07) is 14.8. The van der Waals surface area contributed by atoms with Crippen LogP contribution in [0.3, 0.4) is 0 Å². The Morgan fingerprint density at radius 3 is 2.62 bits per heavy atom. The minimum atomic E-state index is 0.0212. The molecule has 6 heteroatoms. The van der Waals surface area contributed by atoms with Gasteiger partial charge in [0.05, 0.1) is 26.0 Å². The Kier molecular flexibility index (Phi) is 5.63. The Hall–Kier alpha value is -2.73. The lowest BCUT2D eigenvalue weighted by Crippen LogP contribution is -2.37. The molecule has 0 aliphatic rings. The summed E-state index contributed by atoms with van der Waals surface area (Å²) < 4.78 is 13.3. The summed E-state index contributed by atoms with van der Waals surface area (Å²) in [5, 5.41) is 0. The van der Waals surface area contributed by atoms with E-state index in [0.29, 0.717) is 11.3 Å². The maximum absolute atomic E-state index is 12.4. The minimum absolute atomic E-state index is 0.0212. The highest BCUT2D eigenvalue weighted by Gasteiger charge is 2.15. The van der Waals surface area contributed by atoms with Crippen LogP contribution >= 0.6 is 15.9 Å². The fourth-order valence-corrected chi connectivity index (χ4v) is 2.97. The normalized spacial score (nSPS) is 10.4. The molecule has 0 aliphatic heterocycles. The zero-order chi connectivity index (χ0) is 18.5. The van der Waals surface area contributed by atoms with Crippen LogP contribution in [0.4, 0.5) is 0 Å². The van der Waals surface area contributed by atoms with Gasteiger partial charge in [0, 0.05) is 22.2 Å². The van der Waals surface area contributed by atoms with Crippen LogP contribution in [0.25, 0.3) is 11.3 Å². The summed E-state index contributed by atoms with van der Waals surface area (Å²) in [6.45, 7) is 0.226. The lowest BCUT2D eigenvalue weighted by molar-refractivity contribution is -0.686. The van der Waals surface area contributed by atoms with Gasteiger partial charge >= 0.3 is 0 Å². The Labute approximate surface area is 160 Å². The van der Waals surface area contributed by atoms with E-state index in [1.807, 2.05) is 48.7 Å². The molecule has 132 valence electrons. The molecule has 5 nitrogen and oxygen atoms in total. The first-order valence-electron chi connectivity index (χ1n) is 7.97. The van der Waals surface area contributed by atoms with Crippen molar-refractivity contribution >= 4 is 21.7 Å². The quantitative estimate of drug-likeness (QED) is 0.456. The van der Waals surface area contributed by atoms with Gasteiger partial charge < -0.3 is 9.47 Å². The van der Waals surface area contributed by atoms with Gasteiger partial charge in [-0.3, -0.25) is 4.79 Å². The highest BCUT2D eigenvalue weighted by atomic mass is 79.9. The number of ketones is 1. The molecule has 0 N–H and O–H groups in total. The maximum Gasteiger partial charge on any atom is 0.287 e. The van der Waals surface area contributed by atoms with E-state index >= 15 is 0 Å². The van der Waals surface area contributed by atoms with Gasteiger partial charge in [-0.15, -0.1) is 0 Å². The lowest BCUT2D eigenvalue weighted by Gasteiger charge is -2.08. The Balaban J connectivity index is 1.80. The lowest BCUT2D eigenvalue weighted by atomic mass is 10.1. The second kappa shape index (κ2) is 8.10. The molecule has 0 amide bonds. The monoisotopic (exact) mass is 413 g/mol. The van der Waals surface area contributed by atoms with Crippen molar-refractivity contribution in [2.45, 2.75) is 6.54 Å². The van der Waals surface area contributed by atoms with Crippen molar-refractivity contribution in [1.29, 1.82) is 0 Å². The van der Waals surface area contributed by atoms with Gasteiger partial charge in [0.2, 0.25) is 5.78 Å². The molecule has 0 aliphatic carbocycles. The number of carbonyl (C=O) groups excluding carboxylic acids is 1. The fourth-order valence-electron chi connectivity index (χ4n) is 2.57. The summed E-state index contributed by atoms with van der Waals surface area (Å²) in [5.41, 5.74) is 2.28. The number of hydrogen-bond donors (Lipinski definition) is 0. The third kappa shape index (κ3) is 4.08.